The second-order valence-electron chi connectivity index (χ2n) is 3.01. The first-order valence-electron chi connectivity index (χ1n) is 4.02. The van der Waals surface area contributed by atoms with E-state index in [2.05, 4.69) is 0 Å². The third kappa shape index (κ3) is 1.20. The minimum Gasteiger partial charge on any atom is -0.350 e. The zero-order valence-corrected chi connectivity index (χ0v) is 7.17. The van der Waals surface area contributed by atoms with E-state index < -0.39 is 6.43 Å². The van der Waals surface area contributed by atoms with E-state index in [9.17, 15) is 8.78 Å². The zero-order valence-electron chi connectivity index (χ0n) is 7.17. The molecule has 0 N–H and O–H groups in total. The summed E-state index contributed by atoms with van der Waals surface area (Å²) >= 11 is 0. The van der Waals surface area contributed by atoms with E-state index in [4.69, 9.17) is 0 Å². The molecule has 0 saturated heterocycles. The Labute approximate surface area is 74.6 Å². The van der Waals surface area contributed by atoms with Crippen LogP contribution in [0.2, 0.25) is 0 Å². The van der Waals surface area contributed by atoms with Crippen LogP contribution in [0.1, 0.15) is 12.0 Å². The normalized spacial score (nSPS) is 11.4. The van der Waals surface area contributed by atoms with Crippen LogP contribution in [0.25, 0.3) is 10.9 Å². The molecule has 1 heterocycles. The zero-order chi connectivity index (χ0) is 9.42. The largest absolute Gasteiger partial charge is 0.350 e. The maximum atomic E-state index is 12.5. The van der Waals surface area contributed by atoms with Crippen LogP contribution in [-0.4, -0.2) is 4.57 Å². The minimum absolute atomic E-state index is 0.109. The van der Waals surface area contributed by atoms with Crippen LogP contribution < -0.4 is 0 Å². The summed E-state index contributed by atoms with van der Waals surface area (Å²) in [7, 11) is 1.77. The molecule has 1 nitrogen and oxygen atoms in total. The molecule has 1 aromatic carbocycles. The highest BCUT2D eigenvalue weighted by atomic mass is 19.3. The molecule has 0 aliphatic carbocycles. The molecular formula is C10H9F2N. The molecule has 0 radical (unpaired) electrons. The van der Waals surface area contributed by atoms with Gasteiger partial charge in [-0.05, 0) is 6.07 Å². The van der Waals surface area contributed by atoms with Gasteiger partial charge in [0.15, 0.2) is 0 Å². The predicted octanol–water partition coefficient (Wildman–Crippen LogP) is 3.12. The summed E-state index contributed by atoms with van der Waals surface area (Å²) in [5.74, 6) is 0. The van der Waals surface area contributed by atoms with E-state index in [0.29, 0.717) is 5.39 Å². The van der Waals surface area contributed by atoms with E-state index in [0.717, 1.165) is 5.52 Å². The quantitative estimate of drug-likeness (QED) is 0.637. The van der Waals surface area contributed by atoms with E-state index in [1.807, 2.05) is 12.1 Å². The number of fused-ring (bicyclic) bond motifs is 1. The third-order valence-corrected chi connectivity index (χ3v) is 2.16. The van der Waals surface area contributed by atoms with Gasteiger partial charge in [0.2, 0.25) is 0 Å². The van der Waals surface area contributed by atoms with Crippen LogP contribution >= 0.6 is 0 Å². The predicted molar refractivity (Wildman–Crippen MR) is 47.9 cm³/mol. The van der Waals surface area contributed by atoms with Gasteiger partial charge in [0.1, 0.15) is 0 Å². The SMILES string of the molecule is Cn1cc(C(F)F)c2ccccc21. The number of aromatic nitrogens is 1. The van der Waals surface area contributed by atoms with Crippen LogP contribution in [0.3, 0.4) is 0 Å². The molecule has 1 aromatic heterocycles. The molecule has 0 aliphatic heterocycles. The molecule has 0 fully saturated rings. The highest BCUT2D eigenvalue weighted by Crippen LogP contribution is 2.28. The number of aryl methyl sites for hydroxylation is 1. The molecule has 2 rings (SSSR count). The first kappa shape index (κ1) is 8.23. The molecule has 0 saturated carbocycles. The van der Waals surface area contributed by atoms with Gasteiger partial charge >= 0.3 is 0 Å². The van der Waals surface area contributed by atoms with Crippen molar-refractivity contribution in [2.75, 3.05) is 0 Å². The first-order chi connectivity index (χ1) is 6.20. The summed E-state index contributed by atoms with van der Waals surface area (Å²) < 4.78 is 26.7. The third-order valence-electron chi connectivity index (χ3n) is 2.16. The number of benzene rings is 1. The van der Waals surface area contributed by atoms with Gasteiger partial charge in [0.25, 0.3) is 6.43 Å². The number of halogens is 2. The van der Waals surface area contributed by atoms with Crippen LogP contribution in [0, 0.1) is 0 Å². The smallest absolute Gasteiger partial charge is 0.265 e. The van der Waals surface area contributed by atoms with Crippen molar-refractivity contribution in [3.8, 4) is 0 Å². The standard InChI is InChI=1S/C10H9F2N/c1-13-6-8(10(11)12)7-4-2-3-5-9(7)13/h2-6,10H,1H3. The van der Waals surface area contributed by atoms with E-state index in [1.165, 1.54) is 6.20 Å². The highest BCUT2D eigenvalue weighted by molar-refractivity contribution is 5.84. The molecule has 3 heteroatoms. The van der Waals surface area contributed by atoms with Gasteiger partial charge in [-0.1, -0.05) is 18.2 Å². The summed E-state index contributed by atoms with van der Waals surface area (Å²) in [5.41, 5.74) is 0.955. The number of hydrogen-bond donors (Lipinski definition) is 0. The van der Waals surface area contributed by atoms with Crippen LogP contribution in [0.4, 0.5) is 8.78 Å². The van der Waals surface area contributed by atoms with Crippen molar-refractivity contribution in [2.24, 2.45) is 7.05 Å². The Morgan fingerprint density at radius 1 is 1.23 bits per heavy atom. The average Bonchev–Trinajstić information content (AvgIpc) is 2.45. The van der Waals surface area contributed by atoms with Gasteiger partial charge in [-0.25, -0.2) is 8.78 Å². The fraction of sp³-hybridized carbons (Fsp3) is 0.200. The Bertz CT molecular complexity index is 431. The van der Waals surface area contributed by atoms with E-state index >= 15 is 0 Å². The van der Waals surface area contributed by atoms with Gasteiger partial charge in [-0.2, -0.15) is 0 Å². The average molecular weight is 181 g/mol. The molecule has 0 spiro atoms. The van der Waals surface area contributed by atoms with Crippen molar-refractivity contribution < 1.29 is 8.78 Å². The number of alkyl halides is 2. The van der Waals surface area contributed by atoms with Crippen molar-refractivity contribution in [3.63, 3.8) is 0 Å². The minimum atomic E-state index is -2.40. The monoisotopic (exact) mass is 181 g/mol. The Balaban J connectivity index is 2.78. The Morgan fingerprint density at radius 3 is 2.62 bits per heavy atom. The molecule has 68 valence electrons. The van der Waals surface area contributed by atoms with Crippen LogP contribution in [-0.2, 0) is 7.05 Å². The van der Waals surface area contributed by atoms with Gasteiger partial charge in [-0.3, -0.25) is 0 Å². The maximum absolute atomic E-state index is 12.5. The second-order valence-corrected chi connectivity index (χ2v) is 3.01. The summed E-state index contributed by atoms with van der Waals surface area (Å²) in [4.78, 5) is 0. The fourth-order valence-corrected chi connectivity index (χ4v) is 1.55. The van der Waals surface area contributed by atoms with Gasteiger partial charge in [0, 0.05) is 29.7 Å². The highest BCUT2D eigenvalue weighted by Gasteiger charge is 2.13. The maximum Gasteiger partial charge on any atom is 0.265 e. The van der Waals surface area contributed by atoms with Crippen molar-refractivity contribution in [1.82, 2.24) is 4.57 Å². The first-order valence-corrected chi connectivity index (χ1v) is 4.02. The van der Waals surface area contributed by atoms with Crippen molar-refractivity contribution in [1.29, 1.82) is 0 Å². The number of nitrogens with zero attached hydrogens (tertiary/aromatic N) is 1. The van der Waals surface area contributed by atoms with Crippen molar-refractivity contribution >= 4 is 10.9 Å². The Morgan fingerprint density at radius 2 is 1.92 bits per heavy atom. The number of para-hydroxylation sites is 1. The van der Waals surface area contributed by atoms with E-state index in [-0.39, 0.29) is 5.56 Å². The van der Waals surface area contributed by atoms with Crippen LogP contribution in [0.5, 0.6) is 0 Å². The molecule has 0 unspecified atom stereocenters. The molecule has 2 aromatic rings. The van der Waals surface area contributed by atoms with Gasteiger partial charge in [-0.15, -0.1) is 0 Å². The fourth-order valence-electron chi connectivity index (χ4n) is 1.55. The van der Waals surface area contributed by atoms with Gasteiger partial charge < -0.3 is 4.57 Å². The molecule has 0 atom stereocenters. The Hall–Kier alpha value is -1.38. The molecule has 13 heavy (non-hydrogen) atoms. The van der Waals surface area contributed by atoms with Crippen molar-refractivity contribution in [2.45, 2.75) is 6.43 Å². The lowest BCUT2D eigenvalue weighted by atomic mass is 10.2. The molecule has 0 bridgehead atoms. The molecule has 0 amide bonds. The lowest BCUT2D eigenvalue weighted by Gasteiger charge is -1.94. The summed E-state index contributed by atoms with van der Waals surface area (Å²) in [5, 5.41) is 0.639. The second kappa shape index (κ2) is 2.83. The van der Waals surface area contributed by atoms with Crippen molar-refractivity contribution in [3.05, 3.63) is 36.0 Å². The topological polar surface area (TPSA) is 4.93 Å². The molecule has 0 aliphatic rings. The summed E-state index contributed by atoms with van der Waals surface area (Å²) in [6, 6.07) is 7.17. The van der Waals surface area contributed by atoms with Crippen LogP contribution in [0.15, 0.2) is 30.5 Å². The Kier molecular flexibility index (Phi) is 1.79. The summed E-state index contributed by atoms with van der Waals surface area (Å²) in [6.07, 6.45) is -0.916. The number of rotatable bonds is 1. The number of hydrogen-bond acceptors (Lipinski definition) is 0. The van der Waals surface area contributed by atoms with Gasteiger partial charge in [0.05, 0.1) is 0 Å². The molecular weight excluding hydrogens is 172 g/mol. The van der Waals surface area contributed by atoms with E-state index in [1.54, 1.807) is 23.7 Å². The lowest BCUT2D eigenvalue weighted by Crippen LogP contribution is -1.82. The summed E-state index contributed by atoms with van der Waals surface area (Å²) in [6.45, 7) is 0. The lowest BCUT2D eigenvalue weighted by molar-refractivity contribution is 0.153.